The molecule has 1 aliphatic heterocycles. The quantitative estimate of drug-likeness (QED) is 0.571. The van der Waals surface area contributed by atoms with Gasteiger partial charge in [-0.05, 0) is 18.2 Å². The molecule has 1 aromatic carbocycles. The van der Waals surface area contributed by atoms with Gasteiger partial charge in [-0.2, -0.15) is 0 Å². The minimum atomic E-state index is -0.461. The van der Waals surface area contributed by atoms with Crippen molar-refractivity contribution in [1.82, 2.24) is 9.97 Å². The fourth-order valence-electron chi connectivity index (χ4n) is 2.93. The molecule has 2 amide bonds. The molecule has 4 rings (SSSR count). The second-order valence-electron chi connectivity index (χ2n) is 6.54. The molecule has 0 atom stereocenters. The summed E-state index contributed by atoms with van der Waals surface area (Å²) in [6.07, 6.45) is 3.01. The zero-order chi connectivity index (χ0) is 21.8. The van der Waals surface area contributed by atoms with Crippen molar-refractivity contribution in [3.63, 3.8) is 0 Å². The number of nitrogens with zero attached hydrogens (tertiary/aromatic N) is 3. The summed E-state index contributed by atoms with van der Waals surface area (Å²) in [7, 11) is 0. The monoisotopic (exact) mass is 477 g/mol. The fourth-order valence-corrected chi connectivity index (χ4v) is 4.37. The molecule has 11 heteroatoms. The number of ether oxygens (including phenoxy) is 1. The highest BCUT2D eigenvalue weighted by Gasteiger charge is 2.18. The molecule has 2 N–H and O–H groups in total. The van der Waals surface area contributed by atoms with Crippen molar-refractivity contribution in [3.05, 3.63) is 63.2 Å². The third-order valence-corrected chi connectivity index (χ3v) is 6.13. The number of hydrogen-bond donors (Lipinski definition) is 2. The number of benzene rings is 1. The Kier molecular flexibility index (Phi) is 6.67. The summed E-state index contributed by atoms with van der Waals surface area (Å²) in [5, 5.41) is 6.70. The number of aromatic nitrogens is 2. The number of thiazole rings is 1. The van der Waals surface area contributed by atoms with E-state index in [1.54, 1.807) is 30.3 Å². The molecule has 8 nitrogen and oxygen atoms in total. The van der Waals surface area contributed by atoms with Gasteiger partial charge in [-0.1, -0.05) is 40.6 Å². The number of rotatable bonds is 5. The summed E-state index contributed by atoms with van der Waals surface area (Å²) in [5.74, 6) is -0.506. The molecule has 0 bridgehead atoms. The zero-order valence-electron chi connectivity index (χ0n) is 16.1. The Morgan fingerprint density at radius 3 is 2.52 bits per heavy atom. The molecule has 3 heterocycles. The number of carbonyl (C=O) groups is 2. The third-order valence-electron chi connectivity index (χ3n) is 4.45. The molecule has 1 fully saturated rings. The molecule has 0 spiro atoms. The third kappa shape index (κ3) is 5.13. The van der Waals surface area contributed by atoms with Crippen LogP contribution in [0.3, 0.4) is 0 Å². The van der Waals surface area contributed by atoms with Gasteiger partial charge < -0.3 is 20.3 Å². The maximum Gasteiger partial charge on any atom is 0.268 e. The van der Waals surface area contributed by atoms with E-state index < -0.39 is 5.91 Å². The van der Waals surface area contributed by atoms with Crippen LogP contribution in [0.2, 0.25) is 10.0 Å². The summed E-state index contributed by atoms with van der Waals surface area (Å²) < 4.78 is 5.34. The van der Waals surface area contributed by atoms with E-state index in [0.29, 0.717) is 23.8 Å². The number of pyridine rings is 1. The Balaban J connectivity index is 1.43. The van der Waals surface area contributed by atoms with Gasteiger partial charge in [0, 0.05) is 31.0 Å². The van der Waals surface area contributed by atoms with Crippen LogP contribution in [0.25, 0.3) is 0 Å². The molecule has 0 saturated carbocycles. The van der Waals surface area contributed by atoms with Crippen LogP contribution in [0, 0.1) is 0 Å². The van der Waals surface area contributed by atoms with Crippen molar-refractivity contribution in [3.8, 4) is 0 Å². The first-order chi connectivity index (χ1) is 15.0. The Morgan fingerprint density at radius 2 is 1.77 bits per heavy atom. The van der Waals surface area contributed by atoms with Crippen molar-refractivity contribution < 1.29 is 14.3 Å². The van der Waals surface area contributed by atoms with Gasteiger partial charge in [-0.3, -0.25) is 9.59 Å². The van der Waals surface area contributed by atoms with Gasteiger partial charge in [-0.15, -0.1) is 0 Å². The lowest BCUT2D eigenvalue weighted by Gasteiger charge is -2.25. The summed E-state index contributed by atoms with van der Waals surface area (Å²) in [5.41, 5.74) is 0.609. The van der Waals surface area contributed by atoms with Gasteiger partial charge in [0.15, 0.2) is 5.13 Å². The average Bonchev–Trinajstić information content (AvgIpc) is 3.25. The number of morpholine rings is 1. The largest absolute Gasteiger partial charge is 0.378 e. The van der Waals surface area contributed by atoms with Gasteiger partial charge in [0.05, 0.1) is 35.0 Å². The number of anilines is 3. The molecule has 0 aliphatic carbocycles. The summed E-state index contributed by atoms with van der Waals surface area (Å²) in [4.78, 5) is 36.2. The van der Waals surface area contributed by atoms with Crippen molar-refractivity contribution in [1.29, 1.82) is 0 Å². The highest BCUT2D eigenvalue weighted by Crippen LogP contribution is 2.26. The lowest BCUT2D eigenvalue weighted by Crippen LogP contribution is -2.36. The Morgan fingerprint density at radius 1 is 1.03 bits per heavy atom. The first-order valence-electron chi connectivity index (χ1n) is 9.32. The minimum Gasteiger partial charge on any atom is -0.378 e. The Bertz CT molecular complexity index is 1100. The summed E-state index contributed by atoms with van der Waals surface area (Å²) in [6.45, 7) is 2.77. The van der Waals surface area contributed by atoms with Gasteiger partial charge in [0.2, 0.25) is 0 Å². The minimum absolute atomic E-state index is 0.175. The highest BCUT2D eigenvalue weighted by atomic mass is 35.5. The smallest absolute Gasteiger partial charge is 0.268 e. The van der Waals surface area contributed by atoms with Gasteiger partial charge in [0.1, 0.15) is 10.7 Å². The molecular weight excluding hydrogens is 461 g/mol. The maximum atomic E-state index is 12.6. The maximum absolute atomic E-state index is 12.6. The molecule has 1 aliphatic rings. The van der Waals surface area contributed by atoms with Crippen LogP contribution in [-0.2, 0) is 4.74 Å². The number of nitrogens with one attached hydrogen (secondary N) is 2. The SMILES string of the molecule is O=C(Nc1cc(NC(=O)c2c(Cl)cccc2Cl)ccn1)c1cnc(N2CCOCC2)s1. The van der Waals surface area contributed by atoms with Crippen LogP contribution in [0.15, 0.2) is 42.7 Å². The molecular formula is C20H17Cl2N5O3S. The Hall–Kier alpha value is -2.72. The molecule has 31 heavy (non-hydrogen) atoms. The normalized spacial score (nSPS) is 13.7. The molecule has 0 radical (unpaired) electrons. The van der Waals surface area contributed by atoms with Crippen LogP contribution >= 0.6 is 34.5 Å². The van der Waals surface area contributed by atoms with Crippen molar-refractivity contribution in [2.45, 2.75) is 0 Å². The topological polar surface area (TPSA) is 96.5 Å². The lowest BCUT2D eigenvalue weighted by atomic mass is 10.2. The van der Waals surface area contributed by atoms with Gasteiger partial charge in [0.25, 0.3) is 11.8 Å². The average molecular weight is 478 g/mol. The fraction of sp³-hybridized carbons (Fsp3) is 0.200. The lowest BCUT2D eigenvalue weighted by molar-refractivity contribution is 0.102. The molecule has 160 valence electrons. The van der Waals surface area contributed by atoms with Crippen LogP contribution in [-0.4, -0.2) is 48.1 Å². The van der Waals surface area contributed by atoms with Crippen LogP contribution in [0.4, 0.5) is 16.6 Å². The molecule has 0 unspecified atom stereocenters. The zero-order valence-corrected chi connectivity index (χ0v) is 18.4. The number of amides is 2. The van der Waals surface area contributed by atoms with E-state index >= 15 is 0 Å². The van der Waals surface area contributed by atoms with E-state index in [1.807, 2.05) is 0 Å². The van der Waals surface area contributed by atoms with Crippen LogP contribution in [0.1, 0.15) is 20.0 Å². The first kappa shape index (κ1) is 21.5. The molecule has 3 aromatic rings. The second-order valence-corrected chi connectivity index (χ2v) is 8.36. The van der Waals surface area contributed by atoms with E-state index in [1.165, 1.54) is 23.7 Å². The number of carbonyl (C=O) groups excluding carboxylic acids is 2. The summed E-state index contributed by atoms with van der Waals surface area (Å²) in [6, 6.07) is 7.97. The second kappa shape index (κ2) is 9.61. The molecule has 2 aromatic heterocycles. The number of hydrogen-bond acceptors (Lipinski definition) is 7. The van der Waals surface area contributed by atoms with E-state index in [-0.39, 0.29) is 27.3 Å². The van der Waals surface area contributed by atoms with Gasteiger partial charge >= 0.3 is 0 Å². The standard InChI is InChI=1S/C20H17Cl2N5O3S/c21-13-2-1-3-14(22)17(13)19(29)25-12-4-5-23-16(10-12)26-18(28)15-11-24-20(31-15)27-6-8-30-9-7-27/h1-5,10-11H,6-9H2,(H2,23,25,26,28,29). The van der Waals surface area contributed by atoms with E-state index in [2.05, 4.69) is 25.5 Å². The Labute approximate surface area is 192 Å². The first-order valence-corrected chi connectivity index (χ1v) is 10.9. The van der Waals surface area contributed by atoms with Crippen molar-refractivity contribution >= 4 is 63.0 Å². The van der Waals surface area contributed by atoms with Crippen LogP contribution in [0.5, 0.6) is 0 Å². The van der Waals surface area contributed by atoms with E-state index in [4.69, 9.17) is 27.9 Å². The summed E-state index contributed by atoms with van der Waals surface area (Å²) >= 11 is 13.5. The predicted octanol–water partition coefficient (Wildman–Crippen LogP) is 4.19. The van der Waals surface area contributed by atoms with Gasteiger partial charge in [-0.25, -0.2) is 9.97 Å². The van der Waals surface area contributed by atoms with Crippen LogP contribution < -0.4 is 15.5 Å². The van der Waals surface area contributed by atoms with E-state index in [0.717, 1.165) is 18.2 Å². The predicted molar refractivity (Wildman–Crippen MR) is 122 cm³/mol. The highest BCUT2D eigenvalue weighted by molar-refractivity contribution is 7.17. The number of halogens is 2. The molecule has 1 saturated heterocycles. The van der Waals surface area contributed by atoms with Crippen molar-refractivity contribution in [2.75, 3.05) is 41.8 Å². The van der Waals surface area contributed by atoms with Crippen molar-refractivity contribution in [2.24, 2.45) is 0 Å². The van der Waals surface area contributed by atoms with E-state index in [9.17, 15) is 9.59 Å².